The molecule has 12 nitrogen and oxygen atoms in total. The van der Waals surface area contributed by atoms with E-state index in [1.54, 1.807) is 6.20 Å². The van der Waals surface area contributed by atoms with Gasteiger partial charge in [0.25, 0.3) is 0 Å². The van der Waals surface area contributed by atoms with Gasteiger partial charge < -0.3 is 44.8 Å². The van der Waals surface area contributed by atoms with Crippen LogP contribution in [0, 0.1) is 0 Å². The normalized spacial score (nSPS) is 15.4. The van der Waals surface area contributed by atoms with Gasteiger partial charge in [-0.3, -0.25) is 0 Å². The van der Waals surface area contributed by atoms with Crippen LogP contribution in [0.3, 0.4) is 0 Å². The van der Waals surface area contributed by atoms with Gasteiger partial charge in [0, 0.05) is 17.5 Å². The van der Waals surface area contributed by atoms with Crippen molar-refractivity contribution in [3.63, 3.8) is 0 Å². The number of carbonyl (C=O) groups is 1. The Bertz CT molecular complexity index is 1430. The molecule has 1 aliphatic heterocycles. The van der Waals surface area contributed by atoms with Crippen LogP contribution in [-0.4, -0.2) is 98.6 Å². The average Bonchev–Trinajstić information content (AvgIpc) is 3.21. The fourth-order valence-corrected chi connectivity index (χ4v) is 4.11. The summed E-state index contributed by atoms with van der Waals surface area (Å²) in [6.45, 7) is 12.0. The van der Waals surface area contributed by atoms with Crippen molar-refractivity contribution >= 4 is 35.1 Å². The van der Waals surface area contributed by atoms with Gasteiger partial charge >= 0.3 is 19.3 Å². The number of anilines is 1. The summed E-state index contributed by atoms with van der Waals surface area (Å²) >= 11 is 0. The molecule has 46 heavy (non-hydrogen) atoms. The Morgan fingerprint density at radius 1 is 0.913 bits per heavy atom. The van der Waals surface area contributed by atoms with Crippen molar-refractivity contribution in [1.29, 1.82) is 0 Å². The summed E-state index contributed by atoms with van der Waals surface area (Å²) in [4.78, 5) is 8.90. The van der Waals surface area contributed by atoms with Crippen LogP contribution >= 0.6 is 0 Å². The molecule has 0 radical (unpaired) electrons. The van der Waals surface area contributed by atoms with E-state index in [0.29, 0.717) is 69.7 Å². The quantitative estimate of drug-likeness (QED) is 0.172. The number of benzene rings is 2. The number of carboxylic acid groups (broad SMARTS) is 1. The number of ether oxygens (including phenoxy) is 4. The lowest BCUT2D eigenvalue weighted by molar-refractivity contribution is -0.192. The Balaban J connectivity index is 0.000000738. The van der Waals surface area contributed by atoms with Gasteiger partial charge in [0.2, 0.25) is 0 Å². The van der Waals surface area contributed by atoms with Gasteiger partial charge in [-0.25, -0.2) is 4.79 Å². The van der Waals surface area contributed by atoms with E-state index in [0.717, 1.165) is 22.0 Å². The van der Waals surface area contributed by atoms with E-state index in [9.17, 15) is 13.2 Å². The van der Waals surface area contributed by atoms with Gasteiger partial charge in [0.1, 0.15) is 12.4 Å². The van der Waals surface area contributed by atoms with Crippen molar-refractivity contribution in [3.8, 4) is 16.9 Å². The molecule has 0 aliphatic carbocycles. The Kier molecular flexibility index (Phi) is 13.1. The topological polar surface area (TPSA) is 170 Å². The number of fused-ring (bicyclic) bond motifs is 1. The Labute approximate surface area is 265 Å². The van der Waals surface area contributed by atoms with E-state index < -0.39 is 30.5 Å². The summed E-state index contributed by atoms with van der Waals surface area (Å²) in [6.07, 6.45) is -3.53. The Morgan fingerprint density at radius 2 is 1.48 bits per heavy atom. The molecule has 0 saturated carbocycles. The smallest absolute Gasteiger partial charge is 0.491 e. The molecule has 3 aromatic rings. The van der Waals surface area contributed by atoms with E-state index in [1.807, 2.05) is 64.1 Å². The lowest BCUT2D eigenvalue weighted by atomic mass is 9.77. The molecule has 2 heterocycles. The summed E-state index contributed by atoms with van der Waals surface area (Å²) < 4.78 is 66.9. The maximum atomic E-state index is 10.6. The number of aromatic nitrogens is 2. The summed E-state index contributed by atoms with van der Waals surface area (Å²) in [6, 6.07) is 11.9. The average molecular weight is 652 g/mol. The van der Waals surface area contributed by atoms with E-state index in [-0.39, 0.29) is 0 Å². The number of nitrogens with two attached hydrogens (primary N) is 2. The summed E-state index contributed by atoms with van der Waals surface area (Å²) in [7, 11) is -0.497. The third-order valence-electron chi connectivity index (χ3n) is 7.25. The maximum Gasteiger partial charge on any atom is 0.494 e. The van der Waals surface area contributed by atoms with E-state index in [1.165, 1.54) is 0 Å². The lowest BCUT2D eigenvalue weighted by Crippen LogP contribution is -2.41. The molecule has 1 aromatic heterocycles. The van der Waals surface area contributed by atoms with Gasteiger partial charge in [-0.1, -0.05) is 18.2 Å². The second-order valence-electron chi connectivity index (χ2n) is 11.2. The molecule has 2 aromatic carbocycles. The number of hydrogen-bond acceptors (Lipinski definition) is 11. The summed E-state index contributed by atoms with van der Waals surface area (Å²) in [5, 5.41) is 16.2. The van der Waals surface area contributed by atoms with Gasteiger partial charge in [-0.15, -0.1) is 0 Å². The van der Waals surface area contributed by atoms with Crippen LogP contribution in [0.4, 0.5) is 18.9 Å². The molecule has 1 fully saturated rings. The largest absolute Gasteiger partial charge is 0.494 e. The first kappa shape index (κ1) is 36.9. The molecule has 0 bridgehead atoms. The highest BCUT2D eigenvalue weighted by molar-refractivity contribution is 6.62. The monoisotopic (exact) mass is 652 g/mol. The summed E-state index contributed by atoms with van der Waals surface area (Å²) in [5.41, 5.74) is 14.6. The van der Waals surface area contributed by atoms with Gasteiger partial charge in [-0.2, -0.15) is 23.4 Å². The number of alkyl halides is 3. The zero-order valence-corrected chi connectivity index (χ0v) is 26.3. The molecule has 0 amide bonds. The predicted octanol–water partition coefficient (Wildman–Crippen LogP) is 3.20. The maximum absolute atomic E-state index is 10.6. The van der Waals surface area contributed by atoms with Crippen molar-refractivity contribution < 1.29 is 51.3 Å². The van der Waals surface area contributed by atoms with Crippen LogP contribution < -0.4 is 21.7 Å². The molecular formula is C30H40BF3N4O8. The van der Waals surface area contributed by atoms with Crippen LogP contribution in [0.15, 0.2) is 42.6 Å². The van der Waals surface area contributed by atoms with E-state index in [4.69, 9.17) is 49.6 Å². The van der Waals surface area contributed by atoms with Crippen LogP contribution in [-0.2, 0) is 28.3 Å². The molecule has 1 saturated heterocycles. The number of hydrogen-bond donors (Lipinski definition) is 3. The minimum atomic E-state index is -5.08. The number of nitrogens with zero attached hydrogens (tertiary/aromatic N) is 2. The molecule has 5 N–H and O–H groups in total. The molecule has 4 rings (SSSR count). The van der Waals surface area contributed by atoms with Gasteiger partial charge in [-0.05, 0) is 56.9 Å². The van der Waals surface area contributed by atoms with Crippen LogP contribution in [0.5, 0.6) is 5.75 Å². The SMILES string of the molecule is CC1(C)OB(c2ccc(OCCOCCOCCOCCN)c(-c3ccc4c(N)cnnc4c3)c2)OC1(C)C.O=C(O)C(F)(F)F. The standard InChI is InChI=1S/C28H39BN4O6.C2HF3O2/c1-27(2)28(3,4)39-29(38-27)21-6-8-26(37-16-15-36-14-13-35-12-11-34-10-9-30)23(18-21)20-5-7-22-24(31)19-32-33-25(22)17-20;3-2(4,5)1(6)7/h5-8,17-19H,9-16,30H2,1-4H3,(H2,31,33);(H,6,7). The first-order chi connectivity index (χ1) is 21.7. The first-order valence-corrected chi connectivity index (χ1v) is 14.5. The molecule has 0 atom stereocenters. The fraction of sp³-hybridized carbons (Fsp3) is 0.500. The minimum absolute atomic E-state index is 0.378. The number of carboxylic acids is 1. The van der Waals surface area contributed by atoms with Crippen molar-refractivity contribution in [3.05, 3.63) is 42.6 Å². The number of rotatable bonds is 14. The molecule has 252 valence electrons. The van der Waals surface area contributed by atoms with Crippen LogP contribution in [0.1, 0.15) is 27.7 Å². The second-order valence-corrected chi connectivity index (χ2v) is 11.2. The molecule has 16 heteroatoms. The Hall–Kier alpha value is -3.54. The zero-order valence-electron chi connectivity index (χ0n) is 26.3. The molecular weight excluding hydrogens is 612 g/mol. The van der Waals surface area contributed by atoms with Crippen LogP contribution in [0.25, 0.3) is 22.0 Å². The number of aliphatic carboxylic acids is 1. The summed E-state index contributed by atoms with van der Waals surface area (Å²) in [5.74, 6) is -2.05. The third-order valence-corrected chi connectivity index (χ3v) is 7.25. The molecule has 1 aliphatic rings. The second kappa shape index (κ2) is 16.3. The van der Waals surface area contributed by atoms with Gasteiger partial charge in [0.05, 0.1) is 68.2 Å². The third kappa shape index (κ3) is 10.2. The minimum Gasteiger partial charge on any atom is -0.491 e. The zero-order chi connectivity index (χ0) is 34.0. The van der Waals surface area contributed by atoms with Gasteiger partial charge in [0.15, 0.2) is 0 Å². The fourth-order valence-electron chi connectivity index (χ4n) is 4.11. The molecule has 0 unspecified atom stereocenters. The van der Waals surface area contributed by atoms with E-state index >= 15 is 0 Å². The lowest BCUT2D eigenvalue weighted by Gasteiger charge is -2.32. The predicted molar refractivity (Wildman–Crippen MR) is 166 cm³/mol. The van der Waals surface area contributed by atoms with Crippen LogP contribution in [0.2, 0.25) is 0 Å². The van der Waals surface area contributed by atoms with Crippen molar-refractivity contribution in [2.24, 2.45) is 5.73 Å². The first-order valence-electron chi connectivity index (χ1n) is 14.5. The van der Waals surface area contributed by atoms with E-state index in [2.05, 4.69) is 10.2 Å². The number of halogens is 3. The highest BCUT2D eigenvalue weighted by Gasteiger charge is 2.51. The highest BCUT2D eigenvalue weighted by Crippen LogP contribution is 2.38. The van der Waals surface area contributed by atoms with Crippen molar-refractivity contribution in [2.45, 2.75) is 45.1 Å². The van der Waals surface area contributed by atoms with Crippen molar-refractivity contribution in [1.82, 2.24) is 10.2 Å². The number of nitrogen functional groups attached to an aromatic ring is 1. The van der Waals surface area contributed by atoms with Crippen molar-refractivity contribution in [2.75, 3.05) is 58.5 Å². The Morgan fingerprint density at radius 3 is 2.04 bits per heavy atom. The molecule has 0 spiro atoms. The highest BCUT2D eigenvalue weighted by atomic mass is 19.4.